The SMILES string of the molecule is CN(C)C(=O)CN1CCN(CC(=O)O)CC1. The summed E-state index contributed by atoms with van der Waals surface area (Å²) in [6.07, 6.45) is 0. The van der Waals surface area contributed by atoms with E-state index in [4.69, 9.17) is 5.11 Å². The zero-order valence-electron chi connectivity index (χ0n) is 9.85. The molecule has 16 heavy (non-hydrogen) atoms. The van der Waals surface area contributed by atoms with Crippen LogP contribution < -0.4 is 0 Å². The number of rotatable bonds is 4. The monoisotopic (exact) mass is 229 g/mol. The Morgan fingerprint density at radius 2 is 1.50 bits per heavy atom. The Kier molecular flexibility index (Phi) is 4.70. The van der Waals surface area contributed by atoms with Crippen LogP contribution in [0.15, 0.2) is 0 Å². The Morgan fingerprint density at radius 3 is 1.88 bits per heavy atom. The van der Waals surface area contributed by atoms with Crippen LogP contribution in [0.2, 0.25) is 0 Å². The number of piperazine rings is 1. The molecule has 0 unspecified atom stereocenters. The summed E-state index contributed by atoms with van der Waals surface area (Å²) < 4.78 is 0. The van der Waals surface area contributed by atoms with E-state index >= 15 is 0 Å². The topological polar surface area (TPSA) is 64.1 Å². The Labute approximate surface area is 95.4 Å². The van der Waals surface area contributed by atoms with Gasteiger partial charge in [0.2, 0.25) is 5.91 Å². The highest BCUT2D eigenvalue weighted by atomic mass is 16.4. The maximum atomic E-state index is 11.4. The van der Waals surface area contributed by atoms with Crippen LogP contribution >= 0.6 is 0 Å². The molecule has 1 saturated heterocycles. The summed E-state index contributed by atoms with van der Waals surface area (Å²) >= 11 is 0. The van der Waals surface area contributed by atoms with Gasteiger partial charge in [0.25, 0.3) is 0 Å². The number of carboxylic acid groups (broad SMARTS) is 1. The van der Waals surface area contributed by atoms with Crippen molar-refractivity contribution < 1.29 is 14.7 Å². The summed E-state index contributed by atoms with van der Waals surface area (Å²) in [5.74, 6) is -0.704. The molecule has 1 amide bonds. The Morgan fingerprint density at radius 1 is 1.06 bits per heavy atom. The van der Waals surface area contributed by atoms with Crippen molar-refractivity contribution in [2.45, 2.75) is 0 Å². The fourth-order valence-electron chi connectivity index (χ4n) is 1.63. The first-order valence-electron chi connectivity index (χ1n) is 5.35. The van der Waals surface area contributed by atoms with Crippen molar-refractivity contribution in [1.82, 2.24) is 14.7 Å². The van der Waals surface area contributed by atoms with E-state index in [0.717, 1.165) is 13.1 Å². The second-order valence-corrected chi connectivity index (χ2v) is 4.23. The molecule has 0 aromatic heterocycles. The Bertz CT molecular complexity index is 260. The molecule has 1 N–H and O–H groups in total. The van der Waals surface area contributed by atoms with Gasteiger partial charge in [0.1, 0.15) is 0 Å². The van der Waals surface area contributed by atoms with Crippen LogP contribution in [-0.4, -0.2) is 85.0 Å². The van der Waals surface area contributed by atoms with Gasteiger partial charge in [-0.15, -0.1) is 0 Å². The molecule has 0 aromatic carbocycles. The lowest BCUT2D eigenvalue weighted by atomic mass is 10.3. The van der Waals surface area contributed by atoms with Crippen molar-refractivity contribution >= 4 is 11.9 Å². The van der Waals surface area contributed by atoms with E-state index < -0.39 is 5.97 Å². The van der Waals surface area contributed by atoms with Crippen LogP contribution in [-0.2, 0) is 9.59 Å². The van der Waals surface area contributed by atoms with Crippen LogP contribution in [0.3, 0.4) is 0 Å². The zero-order valence-corrected chi connectivity index (χ0v) is 9.85. The Hall–Kier alpha value is -1.14. The van der Waals surface area contributed by atoms with Crippen molar-refractivity contribution in [2.75, 3.05) is 53.4 Å². The maximum Gasteiger partial charge on any atom is 0.317 e. The van der Waals surface area contributed by atoms with Crippen LogP contribution in [0.5, 0.6) is 0 Å². The fourth-order valence-corrected chi connectivity index (χ4v) is 1.63. The summed E-state index contributed by atoms with van der Waals surface area (Å²) in [6.45, 7) is 3.46. The Balaban J connectivity index is 2.27. The van der Waals surface area contributed by atoms with E-state index in [1.807, 2.05) is 4.90 Å². The molecule has 0 saturated carbocycles. The van der Waals surface area contributed by atoms with Gasteiger partial charge in [-0.1, -0.05) is 0 Å². The quantitative estimate of drug-likeness (QED) is 0.654. The molecule has 1 aliphatic rings. The minimum Gasteiger partial charge on any atom is -0.480 e. The first-order valence-corrected chi connectivity index (χ1v) is 5.35. The number of carbonyl (C=O) groups excluding carboxylic acids is 1. The standard InChI is InChI=1S/C10H19N3O3/c1-11(2)9(14)7-12-3-5-13(6-4-12)8-10(15)16/h3-8H2,1-2H3,(H,15,16). The molecular formula is C10H19N3O3. The van der Waals surface area contributed by atoms with Crippen molar-refractivity contribution in [3.63, 3.8) is 0 Å². The lowest BCUT2D eigenvalue weighted by Gasteiger charge is -2.33. The first-order chi connectivity index (χ1) is 7.49. The van der Waals surface area contributed by atoms with Gasteiger partial charge < -0.3 is 10.0 Å². The van der Waals surface area contributed by atoms with E-state index in [9.17, 15) is 9.59 Å². The first kappa shape index (κ1) is 12.9. The lowest BCUT2D eigenvalue weighted by molar-refractivity contribution is -0.139. The summed E-state index contributed by atoms with van der Waals surface area (Å²) in [6, 6.07) is 0. The van der Waals surface area contributed by atoms with Crippen molar-refractivity contribution in [2.24, 2.45) is 0 Å². The number of likely N-dealkylation sites (N-methyl/N-ethyl adjacent to an activating group) is 1. The van der Waals surface area contributed by atoms with E-state index in [-0.39, 0.29) is 12.5 Å². The average Bonchev–Trinajstić information content (AvgIpc) is 2.20. The summed E-state index contributed by atoms with van der Waals surface area (Å²) in [5.41, 5.74) is 0. The van der Waals surface area contributed by atoms with E-state index in [0.29, 0.717) is 19.6 Å². The average molecular weight is 229 g/mol. The summed E-state index contributed by atoms with van der Waals surface area (Å²) in [7, 11) is 3.48. The second-order valence-electron chi connectivity index (χ2n) is 4.23. The number of nitrogens with zero attached hydrogens (tertiary/aromatic N) is 3. The minimum atomic E-state index is -0.794. The van der Waals surface area contributed by atoms with Gasteiger partial charge in [-0.3, -0.25) is 19.4 Å². The molecule has 0 aromatic rings. The van der Waals surface area contributed by atoms with E-state index in [1.165, 1.54) is 0 Å². The zero-order chi connectivity index (χ0) is 12.1. The molecule has 92 valence electrons. The van der Waals surface area contributed by atoms with Crippen molar-refractivity contribution in [3.8, 4) is 0 Å². The molecule has 1 heterocycles. The molecule has 6 heteroatoms. The third kappa shape index (κ3) is 4.16. The normalized spacial score (nSPS) is 18.4. The van der Waals surface area contributed by atoms with Gasteiger partial charge >= 0.3 is 5.97 Å². The number of hydrogen-bond donors (Lipinski definition) is 1. The highest BCUT2D eigenvalue weighted by Crippen LogP contribution is 2.01. The number of carbonyl (C=O) groups is 2. The van der Waals surface area contributed by atoms with Crippen LogP contribution in [0, 0.1) is 0 Å². The smallest absolute Gasteiger partial charge is 0.317 e. The lowest BCUT2D eigenvalue weighted by Crippen LogP contribution is -2.50. The summed E-state index contributed by atoms with van der Waals surface area (Å²) in [5, 5.41) is 8.63. The highest BCUT2D eigenvalue weighted by molar-refractivity contribution is 5.77. The molecule has 1 rings (SSSR count). The second kappa shape index (κ2) is 5.81. The van der Waals surface area contributed by atoms with Crippen LogP contribution in [0.1, 0.15) is 0 Å². The largest absolute Gasteiger partial charge is 0.480 e. The number of carboxylic acids is 1. The maximum absolute atomic E-state index is 11.4. The predicted molar refractivity (Wildman–Crippen MR) is 59.2 cm³/mol. The van der Waals surface area contributed by atoms with Crippen molar-refractivity contribution in [3.05, 3.63) is 0 Å². The van der Waals surface area contributed by atoms with Gasteiger partial charge in [0, 0.05) is 40.3 Å². The third-order valence-corrected chi connectivity index (χ3v) is 2.68. The van der Waals surface area contributed by atoms with Gasteiger partial charge in [0.15, 0.2) is 0 Å². The van der Waals surface area contributed by atoms with Gasteiger partial charge in [-0.2, -0.15) is 0 Å². The van der Waals surface area contributed by atoms with E-state index in [1.54, 1.807) is 19.0 Å². The molecule has 1 aliphatic heterocycles. The van der Waals surface area contributed by atoms with Crippen LogP contribution in [0.4, 0.5) is 0 Å². The van der Waals surface area contributed by atoms with Gasteiger partial charge in [-0.25, -0.2) is 0 Å². The number of amides is 1. The third-order valence-electron chi connectivity index (χ3n) is 2.68. The van der Waals surface area contributed by atoms with Gasteiger partial charge in [0.05, 0.1) is 13.1 Å². The highest BCUT2D eigenvalue weighted by Gasteiger charge is 2.20. The van der Waals surface area contributed by atoms with E-state index in [2.05, 4.69) is 4.90 Å². The molecule has 0 aliphatic carbocycles. The predicted octanol–water partition coefficient (Wildman–Crippen LogP) is -1.22. The molecule has 0 bridgehead atoms. The van der Waals surface area contributed by atoms with Crippen molar-refractivity contribution in [1.29, 1.82) is 0 Å². The number of hydrogen-bond acceptors (Lipinski definition) is 4. The molecule has 0 spiro atoms. The summed E-state index contributed by atoms with van der Waals surface area (Å²) in [4.78, 5) is 27.5. The fraction of sp³-hybridized carbons (Fsp3) is 0.800. The van der Waals surface area contributed by atoms with Crippen LogP contribution in [0.25, 0.3) is 0 Å². The molecule has 0 radical (unpaired) electrons. The number of aliphatic carboxylic acids is 1. The molecular weight excluding hydrogens is 210 g/mol. The molecule has 1 fully saturated rings. The minimum absolute atomic E-state index is 0.0895. The molecule has 6 nitrogen and oxygen atoms in total. The van der Waals surface area contributed by atoms with Gasteiger partial charge in [-0.05, 0) is 0 Å². The molecule has 0 atom stereocenters.